The fraction of sp³-hybridized carbons (Fsp3) is 0.100. The van der Waals surface area contributed by atoms with Crippen molar-refractivity contribution in [3.63, 3.8) is 0 Å². The van der Waals surface area contributed by atoms with E-state index < -0.39 is 10.0 Å². The van der Waals surface area contributed by atoms with Crippen LogP contribution in [0.3, 0.4) is 0 Å². The number of nitrogens with two attached hydrogens (primary N) is 1. The first-order valence-corrected chi connectivity index (χ1v) is 10.1. The first-order valence-electron chi connectivity index (χ1n) is 8.17. The van der Waals surface area contributed by atoms with Gasteiger partial charge in [-0.15, -0.1) is 0 Å². The second kappa shape index (κ2) is 8.43. The molecule has 0 aliphatic carbocycles. The lowest BCUT2D eigenvalue weighted by molar-refractivity contribution is 0.217. The summed E-state index contributed by atoms with van der Waals surface area (Å²) >= 11 is 6.30. The molecule has 0 heterocycles. The van der Waals surface area contributed by atoms with E-state index in [4.69, 9.17) is 26.2 Å². The highest BCUT2D eigenvalue weighted by atomic mass is 35.5. The Morgan fingerprint density at radius 2 is 1.48 bits per heavy atom. The molecule has 0 saturated heterocycles. The van der Waals surface area contributed by atoms with Crippen molar-refractivity contribution < 1.29 is 17.9 Å². The minimum Gasteiger partial charge on any atom is -0.490 e. The molecule has 5 nitrogen and oxygen atoms in total. The SMILES string of the molecule is NS(=O)(=O)c1ccc(OCCOc2ccc(-c3ccccc3)cc2Cl)cc1. The van der Waals surface area contributed by atoms with Crippen molar-refractivity contribution in [3.8, 4) is 22.6 Å². The molecule has 3 aromatic rings. The summed E-state index contributed by atoms with van der Waals surface area (Å²) < 4.78 is 33.6. The van der Waals surface area contributed by atoms with E-state index in [1.807, 2.05) is 48.5 Å². The van der Waals surface area contributed by atoms with Gasteiger partial charge in [0.2, 0.25) is 10.0 Å². The van der Waals surface area contributed by atoms with Crippen LogP contribution in [-0.4, -0.2) is 21.6 Å². The number of ether oxygens (including phenoxy) is 2. The van der Waals surface area contributed by atoms with E-state index in [0.717, 1.165) is 11.1 Å². The third-order valence-electron chi connectivity index (χ3n) is 3.80. The summed E-state index contributed by atoms with van der Waals surface area (Å²) in [6, 6.07) is 21.4. The van der Waals surface area contributed by atoms with Gasteiger partial charge in [-0.25, -0.2) is 13.6 Å². The molecule has 3 aromatic carbocycles. The lowest BCUT2D eigenvalue weighted by atomic mass is 10.1. The molecule has 0 fully saturated rings. The molecule has 2 N–H and O–H groups in total. The molecule has 0 radical (unpaired) electrons. The van der Waals surface area contributed by atoms with Crippen LogP contribution in [0.25, 0.3) is 11.1 Å². The van der Waals surface area contributed by atoms with Crippen molar-refractivity contribution in [3.05, 3.63) is 77.8 Å². The van der Waals surface area contributed by atoms with Crippen molar-refractivity contribution in [2.45, 2.75) is 4.90 Å². The summed E-state index contributed by atoms with van der Waals surface area (Å²) in [5.74, 6) is 1.10. The van der Waals surface area contributed by atoms with Crippen LogP contribution in [0, 0.1) is 0 Å². The smallest absolute Gasteiger partial charge is 0.238 e. The van der Waals surface area contributed by atoms with Gasteiger partial charge >= 0.3 is 0 Å². The molecule has 140 valence electrons. The maximum Gasteiger partial charge on any atom is 0.238 e. The number of hydrogen-bond donors (Lipinski definition) is 1. The molecule has 0 spiro atoms. The summed E-state index contributed by atoms with van der Waals surface area (Å²) in [4.78, 5) is 0.0383. The van der Waals surface area contributed by atoms with Gasteiger partial charge in [0, 0.05) is 0 Å². The molecule has 0 aliphatic heterocycles. The molecule has 27 heavy (non-hydrogen) atoms. The summed E-state index contributed by atoms with van der Waals surface area (Å²) in [6.07, 6.45) is 0. The number of rotatable bonds is 7. The molecule has 0 aromatic heterocycles. The maximum absolute atomic E-state index is 11.2. The lowest BCUT2D eigenvalue weighted by Crippen LogP contribution is -2.12. The van der Waals surface area contributed by atoms with Gasteiger partial charge in [0.15, 0.2) is 0 Å². The molecule has 0 bridgehead atoms. The van der Waals surface area contributed by atoms with Gasteiger partial charge in [0.1, 0.15) is 24.7 Å². The van der Waals surface area contributed by atoms with Gasteiger partial charge < -0.3 is 9.47 Å². The van der Waals surface area contributed by atoms with Crippen molar-refractivity contribution in [2.75, 3.05) is 13.2 Å². The standard InChI is InChI=1S/C20H18ClNO4S/c21-19-14-16(15-4-2-1-3-5-15)6-11-20(19)26-13-12-25-17-7-9-18(10-8-17)27(22,23)24/h1-11,14H,12-13H2,(H2,22,23,24). The third-order valence-corrected chi connectivity index (χ3v) is 5.03. The molecular formula is C20H18ClNO4S. The summed E-state index contributed by atoms with van der Waals surface area (Å²) in [6.45, 7) is 0.576. The number of benzene rings is 3. The van der Waals surface area contributed by atoms with E-state index in [0.29, 0.717) is 23.1 Å². The Balaban J connectivity index is 1.53. The Bertz CT molecular complexity index is 1010. The van der Waals surface area contributed by atoms with Crippen LogP contribution in [0.15, 0.2) is 77.7 Å². The molecule has 0 amide bonds. The van der Waals surface area contributed by atoms with Crippen LogP contribution in [-0.2, 0) is 10.0 Å². The van der Waals surface area contributed by atoms with Gasteiger partial charge in [-0.05, 0) is 47.5 Å². The van der Waals surface area contributed by atoms with Crippen molar-refractivity contribution in [2.24, 2.45) is 5.14 Å². The Labute approximate surface area is 163 Å². The highest BCUT2D eigenvalue weighted by Crippen LogP contribution is 2.30. The topological polar surface area (TPSA) is 78.6 Å². The van der Waals surface area contributed by atoms with Crippen LogP contribution in [0.4, 0.5) is 0 Å². The zero-order chi connectivity index (χ0) is 19.3. The largest absolute Gasteiger partial charge is 0.490 e. The fourth-order valence-corrected chi connectivity index (χ4v) is 3.22. The number of primary sulfonamides is 1. The van der Waals surface area contributed by atoms with Gasteiger partial charge in [-0.1, -0.05) is 48.0 Å². The van der Waals surface area contributed by atoms with Crippen LogP contribution in [0.1, 0.15) is 0 Å². The van der Waals surface area contributed by atoms with Gasteiger partial charge in [-0.3, -0.25) is 0 Å². The zero-order valence-corrected chi connectivity index (χ0v) is 15.9. The summed E-state index contributed by atoms with van der Waals surface area (Å²) in [5.41, 5.74) is 2.09. The first kappa shape index (κ1) is 19.2. The van der Waals surface area contributed by atoms with E-state index in [2.05, 4.69) is 0 Å². The molecule has 0 aliphatic rings. The molecule has 7 heteroatoms. The van der Waals surface area contributed by atoms with Gasteiger partial charge in [0.05, 0.1) is 9.92 Å². The average molecular weight is 404 g/mol. The lowest BCUT2D eigenvalue weighted by Gasteiger charge is -2.11. The van der Waals surface area contributed by atoms with Gasteiger partial charge in [0.25, 0.3) is 0 Å². The maximum atomic E-state index is 11.2. The number of sulfonamides is 1. The first-order chi connectivity index (χ1) is 12.9. The monoisotopic (exact) mass is 403 g/mol. The Kier molecular flexibility index (Phi) is 6.01. The molecular weight excluding hydrogens is 386 g/mol. The van der Waals surface area contributed by atoms with Crippen LogP contribution < -0.4 is 14.6 Å². The quantitative estimate of drug-likeness (QED) is 0.602. The second-order valence-electron chi connectivity index (χ2n) is 5.72. The number of halogens is 1. The van der Waals surface area contributed by atoms with Crippen molar-refractivity contribution in [1.29, 1.82) is 0 Å². The summed E-state index contributed by atoms with van der Waals surface area (Å²) in [7, 11) is -3.70. The normalized spacial score (nSPS) is 11.2. The Hall–Kier alpha value is -2.54. The van der Waals surface area contributed by atoms with Crippen LogP contribution >= 0.6 is 11.6 Å². The molecule has 0 saturated carbocycles. The van der Waals surface area contributed by atoms with E-state index >= 15 is 0 Å². The zero-order valence-electron chi connectivity index (χ0n) is 14.3. The highest BCUT2D eigenvalue weighted by Gasteiger charge is 2.07. The van der Waals surface area contributed by atoms with E-state index in [1.165, 1.54) is 12.1 Å². The minimum atomic E-state index is -3.70. The fourth-order valence-electron chi connectivity index (χ4n) is 2.46. The number of hydrogen-bond acceptors (Lipinski definition) is 4. The van der Waals surface area contributed by atoms with Crippen molar-refractivity contribution >= 4 is 21.6 Å². The molecule has 3 rings (SSSR count). The predicted molar refractivity (Wildman–Crippen MR) is 106 cm³/mol. The van der Waals surface area contributed by atoms with Gasteiger partial charge in [-0.2, -0.15) is 0 Å². The predicted octanol–water partition coefficient (Wildman–Crippen LogP) is 4.11. The Morgan fingerprint density at radius 3 is 2.11 bits per heavy atom. The average Bonchev–Trinajstić information content (AvgIpc) is 2.66. The van der Waals surface area contributed by atoms with E-state index in [9.17, 15) is 8.42 Å². The molecule has 0 unspecified atom stereocenters. The Morgan fingerprint density at radius 1 is 0.815 bits per heavy atom. The van der Waals surface area contributed by atoms with E-state index in [-0.39, 0.29) is 11.5 Å². The second-order valence-corrected chi connectivity index (χ2v) is 7.69. The van der Waals surface area contributed by atoms with Crippen LogP contribution in [0.2, 0.25) is 5.02 Å². The van der Waals surface area contributed by atoms with E-state index in [1.54, 1.807) is 12.1 Å². The molecule has 0 atom stereocenters. The summed E-state index contributed by atoms with van der Waals surface area (Å²) in [5, 5.41) is 5.58. The van der Waals surface area contributed by atoms with Crippen molar-refractivity contribution in [1.82, 2.24) is 0 Å². The minimum absolute atomic E-state index is 0.0383. The third kappa shape index (κ3) is 5.23. The highest BCUT2D eigenvalue weighted by molar-refractivity contribution is 7.89. The van der Waals surface area contributed by atoms with Crippen LogP contribution in [0.5, 0.6) is 11.5 Å².